The molecule has 2 rings (SSSR count). The summed E-state index contributed by atoms with van der Waals surface area (Å²) in [7, 11) is -1.56. The van der Waals surface area contributed by atoms with E-state index in [9.17, 15) is 0 Å². The molecule has 6 nitrogen and oxygen atoms in total. The highest BCUT2D eigenvalue weighted by Crippen LogP contribution is 2.31. The summed E-state index contributed by atoms with van der Waals surface area (Å²) in [5.41, 5.74) is 15.7. The lowest BCUT2D eigenvalue weighted by Crippen LogP contribution is -2.38. The Bertz CT molecular complexity index is 907. The third-order valence-corrected chi connectivity index (χ3v) is 6.59. The van der Waals surface area contributed by atoms with Crippen molar-refractivity contribution in [1.29, 1.82) is 0 Å². The molecular weight excluding hydrogens is 372 g/mol. The summed E-state index contributed by atoms with van der Waals surface area (Å²) in [5, 5.41) is 1.15. The molecule has 0 saturated carbocycles. The second kappa shape index (κ2) is 7.62. The SMILES string of the molecule is COc1cc(C#C[Si](C)(C)C)c(Oc2cnc(N)nc2N)cc1[Si](C)(C)C. The van der Waals surface area contributed by atoms with Crippen LogP contribution in [0.25, 0.3) is 0 Å². The van der Waals surface area contributed by atoms with Crippen molar-refractivity contribution in [1.82, 2.24) is 9.97 Å². The van der Waals surface area contributed by atoms with E-state index in [1.165, 1.54) is 6.20 Å². The molecule has 144 valence electrons. The molecule has 0 radical (unpaired) electrons. The van der Waals surface area contributed by atoms with E-state index in [2.05, 4.69) is 60.7 Å². The second-order valence-electron chi connectivity index (χ2n) is 8.38. The molecular formula is C19H28N4O2Si2. The fraction of sp³-hybridized carbons (Fsp3) is 0.368. The lowest BCUT2D eigenvalue weighted by atomic mass is 10.2. The Balaban J connectivity index is 2.64. The van der Waals surface area contributed by atoms with Crippen LogP contribution in [-0.2, 0) is 0 Å². The molecule has 0 atom stereocenters. The highest BCUT2D eigenvalue weighted by Gasteiger charge is 2.24. The maximum atomic E-state index is 6.07. The van der Waals surface area contributed by atoms with Crippen molar-refractivity contribution < 1.29 is 9.47 Å². The van der Waals surface area contributed by atoms with Gasteiger partial charge >= 0.3 is 0 Å². The summed E-state index contributed by atoms with van der Waals surface area (Å²) in [6.45, 7) is 13.3. The minimum atomic E-state index is -1.68. The van der Waals surface area contributed by atoms with Gasteiger partial charge in [-0.15, -0.1) is 5.54 Å². The van der Waals surface area contributed by atoms with Crippen LogP contribution < -0.4 is 26.1 Å². The predicted molar refractivity (Wildman–Crippen MR) is 117 cm³/mol. The smallest absolute Gasteiger partial charge is 0.222 e. The van der Waals surface area contributed by atoms with E-state index >= 15 is 0 Å². The predicted octanol–water partition coefficient (Wildman–Crippen LogP) is 3.22. The van der Waals surface area contributed by atoms with E-state index in [4.69, 9.17) is 20.9 Å². The number of rotatable bonds is 4. The Morgan fingerprint density at radius 1 is 0.963 bits per heavy atom. The van der Waals surface area contributed by atoms with Gasteiger partial charge in [0, 0.05) is 0 Å². The van der Waals surface area contributed by atoms with Gasteiger partial charge < -0.3 is 20.9 Å². The van der Waals surface area contributed by atoms with Gasteiger partial charge in [0.25, 0.3) is 0 Å². The zero-order valence-electron chi connectivity index (χ0n) is 17.1. The summed E-state index contributed by atoms with van der Waals surface area (Å²) in [5.74, 6) is 5.39. The lowest BCUT2D eigenvalue weighted by Gasteiger charge is -2.22. The largest absolute Gasteiger partial charge is 0.497 e. The minimum Gasteiger partial charge on any atom is -0.497 e. The fourth-order valence-electron chi connectivity index (χ4n) is 2.35. The molecule has 1 aromatic carbocycles. The summed E-state index contributed by atoms with van der Waals surface area (Å²) >= 11 is 0. The number of hydrogen-bond donors (Lipinski definition) is 2. The molecule has 27 heavy (non-hydrogen) atoms. The average Bonchev–Trinajstić information content (AvgIpc) is 2.54. The molecule has 0 fully saturated rings. The Kier molecular flexibility index (Phi) is 5.87. The Labute approximate surface area is 163 Å². The van der Waals surface area contributed by atoms with E-state index in [1.807, 2.05) is 12.1 Å². The molecule has 0 aliphatic heterocycles. The van der Waals surface area contributed by atoms with E-state index in [1.54, 1.807) is 7.11 Å². The van der Waals surface area contributed by atoms with Crippen LogP contribution in [0.5, 0.6) is 17.2 Å². The summed E-state index contributed by atoms with van der Waals surface area (Å²) in [4.78, 5) is 7.94. The van der Waals surface area contributed by atoms with Crippen LogP contribution in [0.3, 0.4) is 0 Å². The quantitative estimate of drug-likeness (QED) is 0.604. The second-order valence-corrected chi connectivity index (χ2v) is 18.2. The lowest BCUT2D eigenvalue weighted by molar-refractivity contribution is 0.416. The summed E-state index contributed by atoms with van der Waals surface area (Å²) in [6.07, 6.45) is 1.48. The first-order chi connectivity index (χ1) is 12.4. The van der Waals surface area contributed by atoms with Crippen LogP contribution in [0.1, 0.15) is 5.56 Å². The van der Waals surface area contributed by atoms with Gasteiger partial charge in [-0.05, 0) is 17.3 Å². The number of anilines is 2. The number of benzene rings is 1. The van der Waals surface area contributed by atoms with E-state index in [0.29, 0.717) is 11.5 Å². The van der Waals surface area contributed by atoms with Crippen molar-refractivity contribution in [3.05, 3.63) is 23.9 Å². The molecule has 0 unspecified atom stereocenters. The number of ether oxygens (including phenoxy) is 2. The fourth-order valence-corrected chi connectivity index (χ4v) is 4.33. The zero-order valence-corrected chi connectivity index (χ0v) is 19.1. The van der Waals surface area contributed by atoms with Crippen LogP contribution in [0.15, 0.2) is 18.3 Å². The first kappa shape index (κ1) is 20.8. The Morgan fingerprint density at radius 3 is 2.15 bits per heavy atom. The summed E-state index contributed by atoms with van der Waals surface area (Å²) in [6, 6.07) is 3.96. The van der Waals surface area contributed by atoms with Gasteiger partial charge in [0.2, 0.25) is 5.95 Å². The van der Waals surface area contributed by atoms with Crippen molar-refractivity contribution >= 4 is 33.1 Å². The molecule has 0 aliphatic rings. The number of nitrogens with zero attached hydrogens (tertiary/aromatic N) is 2. The number of nitrogen functional groups attached to an aromatic ring is 2. The van der Waals surface area contributed by atoms with Crippen LogP contribution in [0.4, 0.5) is 11.8 Å². The Morgan fingerprint density at radius 2 is 1.63 bits per heavy atom. The molecule has 0 amide bonds. The number of aromatic nitrogens is 2. The van der Waals surface area contributed by atoms with Gasteiger partial charge in [0.05, 0.1) is 26.9 Å². The normalized spacial score (nSPS) is 11.5. The molecule has 4 N–H and O–H groups in total. The van der Waals surface area contributed by atoms with E-state index in [-0.39, 0.29) is 11.8 Å². The van der Waals surface area contributed by atoms with E-state index < -0.39 is 16.1 Å². The Hall–Kier alpha value is -2.51. The van der Waals surface area contributed by atoms with Crippen LogP contribution in [0.2, 0.25) is 39.3 Å². The highest BCUT2D eigenvalue weighted by atomic mass is 28.3. The first-order valence-electron chi connectivity index (χ1n) is 8.72. The first-order valence-corrected chi connectivity index (χ1v) is 15.7. The van der Waals surface area contributed by atoms with Gasteiger partial charge in [-0.25, -0.2) is 4.98 Å². The van der Waals surface area contributed by atoms with Crippen molar-refractivity contribution in [3.8, 4) is 28.7 Å². The number of hydrogen-bond acceptors (Lipinski definition) is 6. The molecule has 0 bridgehead atoms. The minimum absolute atomic E-state index is 0.108. The topological polar surface area (TPSA) is 96.3 Å². The van der Waals surface area contributed by atoms with Crippen LogP contribution >= 0.6 is 0 Å². The zero-order chi connectivity index (χ0) is 20.4. The third-order valence-electron chi connectivity index (χ3n) is 3.70. The van der Waals surface area contributed by atoms with Crippen molar-refractivity contribution in [2.75, 3.05) is 18.6 Å². The maximum Gasteiger partial charge on any atom is 0.222 e. The van der Waals surface area contributed by atoms with Gasteiger partial charge in [-0.2, -0.15) is 4.98 Å². The molecule has 8 heteroatoms. The number of methoxy groups -OCH3 is 1. The number of nitrogens with two attached hydrogens (primary N) is 2. The van der Waals surface area contributed by atoms with Crippen LogP contribution in [-0.4, -0.2) is 33.2 Å². The standard InChI is InChI=1S/C19H28N4O2Si2/c1-24-15-10-13(8-9-26(2,3)4)14(11-17(15)27(5,6)7)25-16-12-22-19(21)23-18(16)20/h10-12H,1-7H3,(H4,20,21,22,23). The van der Waals surface area contributed by atoms with Crippen molar-refractivity contribution in [3.63, 3.8) is 0 Å². The summed E-state index contributed by atoms with van der Waals surface area (Å²) < 4.78 is 11.7. The van der Waals surface area contributed by atoms with Gasteiger partial charge in [-0.1, -0.05) is 45.2 Å². The van der Waals surface area contributed by atoms with Gasteiger partial charge in [0.15, 0.2) is 11.6 Å². The van der Waals surface area contributed by atoms with Crippen molar-refractivity contribution in [2.45, 2.75) is 39.3 Å². The van der Waals surface area contributed by atoms with E-state index in [0.717, 1.165) is 16.5 Å². The highest BCUT2D eigenvalue weighted by molar-refractivity contribution is 6.89. The average molecular weight is 401 g/mol. The molecule has 0 saturated heterocycles. The molecule has 1 aromatic heterocycles. The molecule has 0 aliphatic carbocycles. The van der Waals surface area contributed by atoms with Gasteiger partial charge in [0.1, 0.15) is 19.6 Å². The monoisotopic (exact) mass is 400 g/mol. The van der Waals surface area contributed by atoms with Crippen LogP contribution in [0, 0.1) is 11.5 Å². The molecule has 0 spiro atoms. The van der Waals surface area contributed by atoms with Gasteiger partial charge in [-0.3, -0.25) is 0 Å². The maximum absolute atomic E-state index is 6.07. The molecule has 2 aromatic rings. The molecule has 1 heterocycles. The van der Waals surface area contributed by atoms with Crippen molar-refractivity contribution in [2.24, 2.45) is 0 Å². The third kappa shape index (κ3) is 5.48.